The summed E-state index contributed by atoms with van der Waals surface area (Å²) >= 11 is 5.95. The highest BCUT2D eigenvalue weighted by molar-refractivity contribution is 6.30. The summed E-state index contributed by atoms with van der Waals surface area (Å²) in [4.78, 5) is 14.3. The standard InChI is InChI=1S/C17H17ClN2O2/c1-11-6-7-16-15(8-11)20(10-12(2)22-16)17(21)19-14-5-3-4-13(18)9-14/h3-9,12H,10H2,1-2H3,(H,19,21)/t12-/m1/s1. The number of rotatable bonds is 1. The molecule has 0 unspecified atom stereocenters. The zero-order valence-electron chi connectivity index (χ0n) is 12.5. The maximum Gasteiger partial charge on any atom is 0.326 e. The van der Waals surface area contributed by atoms with Crippen LogP contribution in [0.15, 0.2) is 42.5 Å². The fourth-order valence-electron chi connectivity index (χ4n) is 2.50. The Labute approximate surface area is 134 Å². The van der Waals surface area contributed by atoms with Crippen molar-refractivity contribution in [3.63, 3.8) is 0 Å². The predicted molar refractivity (Wildman–Crippen MR) is 89.1 cm³/mol. The van der Waals surface area contributed by atoms with Gasteiger partial charge in [0.05, 0.1) is 12.2 Å². The van der Waals surface area contributed by atoms with E-state index in [0.717, 1.165) is 17.0 Å². The molecule has 0 saturated carbocycles. The lowest BCUT2D eigenvalue weighted by Crippen LogP contribution is -2.44. The van der Waals surface area contributed by atoms with Crippen LogP contribution in [0.2, 0.25) is 5.02 Å². The molecule has 0 aliphatic carbocycles. The highest BCUT2D eigenvalue weighted by Gasteiger charge is 2.27. The Morgan fingerprint density at radius 3 is 2.91 bits per heavy atom. The topological polar surface area (TPSA) is 41.6 Å². The van der Waals surface area contributed by atoms with Gasteiger partial charge < -0.3 is 10.1 Å². The molecule has 0 bridgehead atoms. The van der Waals surface area contributed by atoms with Crippen LogP contribution in [0, 0.1) is 6.92 Å². The Morgan fingerprint density at radius 2 is 2.14 bits per heavy atom. The molecule has 2 amide bonds. The SMILES string of the molecule is Cc1ccc2c(c1)N(C(=O)Nc1cccc(Cl)c1)C[C@@H](C)O2. The van der Waals surface area contributed by atoms with Gasteiger partial charge in [-0.1, -0.05) is 23.7 Å². The lowest BCUT2D eigenvalue weighted by molar-refractivity contribution is 0.208. The van der Waals surface area contributed by atoms with Gasteiger partial charge in [0.2, 0.25) is 0 Å². The molecular weight excluding hydrogens is 300 g/mol. The Bertz CT molecular complexity index is 718. The molecule has 0 radical (unpaired) electrons. The van der Waals surface area contributed by atoms with E-state index in [1.54, 1.807) is 23.1 Å². The Kier molecular flexibility index (Phi) is 3.94. The molecule has 22 heavy (non-hydrogen) atoms. The van der Waals surface area contributed by atoms with Crippen molar-refractivity contribution in [1.82, 2.24) is 0 Å². The molecule has 2 aromatic rings. The lowest BCUT2D eigenvalue weighted by Gasteiger charge is -2.33. The molecule has 1 aliphatic rings. The maximum atomic E-state index is 12.6. The number of carbonyl (C=O) groups excluding carboxylic acids is 1. The average molecular weight is 317 g/mol. The number of fused-ring (bicyclic) bond motifs is 1. The summed E-state index contributed by atoms with van der Waals surface area (Å²) in [5, 5.41) is 3.47. The minimum atomic E-state index is -0.190. The number of anilines is 2. The van der Waals surface area contributed by atoms with E-state index in [0.29, 0.717) is 17.3 Å². The highest BCUT2D eigenvalue weighted by Crippen LogP contribution is 2.34. The summed E-state index contributed by atoms with van der Waals surface area (Å²) in [5.74, 6) is 0.727. The zero-order valence-corrected chi connectivity index (χ0v) is 13.2. The summed E-state index contributed by atoms with van der Waals surface area (Å²) < 4.78 is 5.79. The van der Waals surface area contributed by atoms with Crippen molar-refractivity contribution in [3.05, 3.63) is 53.1 Å². The number of carbonyl (C=O) groups is 1. The predicted octanol–water partition coefficient (Wildman–Crippen LogP) is 4.47. The summed E-state index contributed by atoms with van der Waals surface area (Å²) in [7, 11) is 0. The largest absolute Gasteiger partial charge is 0.487 e. The van der Waals surface area contributed by atoms with Crippen LogP contribution in [0.4, 0.5) is 16.2 Å². The molecule has 2 aromatic carbocycles. The van der Waals surface area contributed by atoms with Gasteiger partial charge in [-0.15, -0.1) is 0 Å². The van der Waals surface area contributed by atoms with E-state index in [-0.39, 0.29) is 12.1 Å². The summed E-state index contributed by atoms with van der Waals surface area (Å²) in [6.45, 7) is 4.44. The zero-order chi connectivity index (χ0) is 15.7. The molecule has 0 aromatic heterocycles. The number of hydrogen-bond acceptors (Lipinski definition) is 2. The van der Waals surface area contributed by atoms with Crippen molar-refractivity contribution in [3.8, 4) is 5.75 Å². The van der Waals surface area contributed by atoms with Gasteiger partial charge in [-0.2, -0.15) is 0 Å². The van der Waals surface area contributed by atoms with Gasteiger partial charge in [0.15, 0.2) is 0 Å². The molecule has 5 heteroatoms. The number of halogens is 1. The van der Waals surface area contributed by atoms with Gasteiger partial charge >= 0.3 is 6.03 Å². The molecule has 1 heterocycles. The quantitative estimate of drug-likeness (QED) is 0.843. The van der Waals surface area contributed by atoms with Gasteiger partial charge in [0, 0.05) is 10.7 Å². The summed E-state index contributed by atoms with van der Waals surface area (Å²) in [6.07, 6.45) is -0.0553. The second kappa shape index (κ2) is 5.89. The fourth-order valence-corrected chi connectivity index (χ4v) is 2.69. The van der Waals surface area contributed by atoms with E-state index >= 15 is 0 Å². The Balaban J connectivity index is 1.88. The number of aryl methyl sites for hydroxylation is 1. The normalized spacial score (nSPS) is 16.7. The molecule has 0 saturated heterocycles. The molecule has 4 nitrogen and oxygen atoms in total. The second-order valence-electron chi connectivity index (χ2n) is 5.45. The van der Waals surface area contributed by atoms with Gasteiger partial charge in [0.1, 0.15) is 11.9 Å². The maximum absolute atomic E-state index is 12.6. The van der Waals surface area contributed by atoms with Crippen LogP contribution in [-0.4, -0.2) is 18.7 Å². The Morgan fingerprint density at radius 1 is 1.32 bits per heavy atom. The van der Waals surface area contributed by atoms with Crippen LogP contribution in [0.3, 0.4) is 0 Å². The molecule has 0 fully saturated rings. The van der Waals surface area contributed by atoms with E-state index in [1.807, 2.05) is 38.1 Å². The van der Waals surface area contributed by atoms with Crippen molar-refractivity contribution in [2.75, 3.05) is 16.8 Å². The monoisotopic (exact) mass is 316 g/mol. The Hall–Kier alpha value is -2.20. The molecule has 114 valence electrons. The van der Waals surface area contributed by atoms with E-state index in [4.69, 9.17) is 16.3 Å². The van der Waals surface area contributed by atoms with Crippen LogP contribution in [0.25, 0.3) is 0 Å². The number of nitrogens with zero attached hydrogens (tertiary/aromatic N) is 1. The van der Waals surface area contributed by atoms with Crippen LogP contribution < -0.4 is 15.0 Å². The summed E-state index contributed by atoms with van der Waals surface area (Å²) in [6, 6.07) is 12.8. The highest BCUT2D eigenvalue weighted by atomic mass is 35.5. The van der Waals surface area contributed by atoms with Crippen LogP contribution >= 0.6 is 11.6 Å². The third-order valence-corrected chi connectivity index (χ3v) is 3.73. The first kappa shape index (κ1) is 14.7. The van der Waals surface area contributed by atoms with Crippen molar-refractivity contribution in [2.45, 2.75) is 20.0 Å². The molecule has 1 N–H and O–H groups in total. The van der Waals surface area contributed by atoms with Crippen LogP contribution in [0.5, 0.6) is 5.75 Å². The van der Waals surface area contributed by atoms with E-state index in [9.17, 15) is 4.79 Å². The number of hydrogen-bond donors (Lipinski definition) is 1. The van der Waals surface area contributed by atoms with Crippen molar-refractivity contribution in [2.24, 2.45) is 0 Å². The van der Waals surface area contributed by atoms with Crippen molar-refractivity contribution < 1.29 is 9.53 Å². The number of nitrogens with one attached hydrogen (secondary N) is 1. The molecule has 1 aliphatic heterocycles. The van der Waals surface area contributed by atoms with E-state index in [2.05, 4.69) is 5.32 Å². The molecule has 3 rings (SSSR count). The van der Waals surface area contributed by atoms with Gasteiger partial charge in [-0.3, -0.25) is 4.90 Å². The smallest absolute Gasteiger partial charge is 0.326 e. The van der Waals surface area contributed by atoms with Gasteiger partial charge in [-0.05, 0) is 49.7 Å². The lowest BCUT2D eigenvalue weighted by atomic mass is 10.1. The molecule has 1 atom stereocenters. The minimum absolute atomic E-state index is 0.0553. The third kappa shape index (κ3) is 3.02. The molecular formula is C17H17ClN2O2. The third-order valence-electron chi connectivity index (χ3n) is 3.49. The van der Waals surface area contributed by atoms with Crippen molar-refractivity contribution >= 4 is 29.0 Å². The number of urea groups is 1. The fraction of sp³-hybridized carbons (Fsp3) is 0.235. The van der Waals surface area contributed by atoms with E-state index < -0.39 is 0 Å². The minimum Gasteiger partial charge on any atom is -0.487 e. The first-order valence-electron chi connectivity index (χ1n) is 7.14. The van der Waals surface area contributed by atoms with Crippen molar-refractivity contribution in [1.29, 1.82) is 0 Å². The first-order chi connectivity index (χ1) is 10.5. The number of benzene rings is 2. The molecule has 0 spiro atoms. The first-order valence-corrected chi connectivity index (χ1v) is 7.52. The average Bonchev–Trinajstić information content (AvgIpc) is 2.47. The van der Waals surface area contributed by atoms with Crippen LogP contribution in [0.1, 0.15) is 12.5 Å². The second-order valence-corrected chi connectivity index (χ2v) is 5.89. The van der Waals surface area contributed by atoms with Crippen LogP contribution in [-0.2, 0) is 0 Å². The van der Waals surface area contributed by atoms with Gasteiger partial charge in [0.25, 0.3) is 0 Å². The van der Waals surface area contributed by atoms with Gasteiger partial charge in [-0.25, -0.2) is 4.79 Å². The van der Waals surface area contributed by atoms with E-state index in [1.165, 1.54) is 0 Å². The number of amides is 2. The summed E-state index contributed by atoms with van der Waals surface area (Å²) in [5.41, 5.74) is 2.54. The number of ether oxygens (including phenoxy) is 1.